The summed E-state index contributed by atoms with van der Waals surface area (Å²) in [7, 11) is 3.07. The Morgan fingerprint density at radius 2 is 1.63 bits per heavy atom. The maximum absolute atomic E-state index is 14.3. The number of nitrogens with one attached hydrogen (secondary N) is 4. The van der Waals surface area contributed by atoms with Gasteiger partial charge in [-0.2, -0.15) is 13.2 Å². The van der Waals surface area contributed by atoms with Gasteiger partial charge in [-0.15, -0.1) is 0 Å². The highest BCUT2D eigenvalue weighted by Gasteiger charge is 2.36. The average Bonchev–Trinajstić information content (AvgIpc) is 3.11. The number of urea groups is 1. The summed E-state index contributed by atoms with van der Waals surface area (Å²) < 4.78 is 59.8. The van der Waals surface area contributed by atoms with Crippen LogP contribution in [0.2, 0.25) is 0 Å². The lowest BCUT2D eigenvalue weighted by molar-refractivity contribution is -0.137. The van der Waals surface area contributed by atoms with E-state index in [1.54, 1.807) is 53.6 Å². The molecule has 2 aliphatic heterocycles. The van der Waals surface area contributed by atoms with Gasteiger partial charge >= 0.3 is 12.2 Å². The molecule has 3 heterocycles. The van der Waals surface area contributed by atoms with Crippen molar-refractivity contribution in [3.8, 4) is 23.0 Å². The summed E-state index contributed by atoms with van der Waals surface area (Å²) >= 11 is 0. The molecule has 0 spiro atoms. The number of piperidine rings is 2. The van der Waals surface area contributed by atoms with Crippen molar-refractivity contribution in [1.82, 2.24) is 15.6 Å². The molecular formula is C37H41F3N6O5. The number of hydrogen-bond acceptors (Lipinski definition) is 8. The van der Waals surface area contributed by atoms with Gasteiger partial charge in [0.05, 0.1) is 25.3 Å². The summed E-state index contributed by atoms with van der Waals surface area (Å²) in [4.78, 5) is 31.8. The normalized spacial score (nSPS) is 18.2. The zero-order valence-electron chi connectivity index (χ0n) is 28.6. The Morgan fingerprint density at radius 1 is 0.902 bits per heavy atom. The topological polar surface area (TPSA) is 126 Å². The van der Waals surface area contributed by atoms with Gasteiger partial charge in [0, 0.05) is 71.9 Å². The molecule has 270 valence electrons. The van der Waals surface area contributed by atoms with E-state index in [1.165, 1.54) is 26.4 Å². The molecule has 0 radical (unpaired) electrons. The number of carbonyl (C=O) groups excluding carboxylic acids is 2. The summed E-state index contributed by atoms with van der Waals surface area (Å²) in [6, 6.07) is 15.0. The Kier molecular flexibility index (Phi) is 10.7. The van der Waals surface area contributed by atoms with Gasteiger partial charge in [-0.1, -0.05) is 6.07 Å². The lowest BCUT2D eigenvalue weighted by atomic mass is 9.91. The van der Waals surface area contributed by atoms with Crippen LogP contribution in [-0.2, 0) is 11.0 Å². The molecule has 2 aliphatic rings. The standard InChI is InChI=1S/C37H41F3N6O5/c1-22-17-23(9-13-41-22)35(47)43-24-11-15-46(16-12-24)31-8-7-26(19-29(31)37(38,39)40)45-36(48)44-25-5-4-6-27(18-25)51-32-10-14-42-30-21-34(50-3)33(49-2)20-28(30)32/h4-8,10,14,18-24,41H,9,11-13,15-17H2,1-3H3,(H,43,47)(H2,44,45,48). The van der Waals surface area contributed by atoms with E-state index < -0.39 is 17.8 Å². The number of hydrogen-bond donors (Lipinski definition) is 4. The van der Waals surface area contributed by atoms with E-state index in [2.05, 4.69) is 33.2 Å². The molecule has 11 nitrogen and oxygen atoms in total. The van der Waals surface area contributed by atoms with Crippen LogP contribution >= 0.6 is 0 Å². The lowest BCUT2D eigenvalue weighted by Gasteiger charge is -2.36. The molecule has 14 heteroatoms. The van der Waals surface area contributed by atoms with E-state index in [4.69, 9.17) is 14.2 Å². The third-order valence-electron chi connectivity index (χ3n) is 9.26. The summed E-state index contributed by atoms with van der Waals surface area (Å²) in [6.45, 7) is 3.57. The molecule has 0 saturated carbocycles. The number of ether oxygens (including phenoxy) is 3. The van der Waals surface area contributed by atoms with Gasteiger partial charge in [0.2, 0.25) is 5.91 Å². The van der Waals surface area contributed by atoms with Crippen LogP contribution in [0, 0.1) is 5.92 Å². The summed E-state index contributed by atoms with van der Waals surface area (Å²) in [6.07, 6.45) is -0.434. The van der Waals surface area contributed by atoms with Crippen LogP contribution in [0.4, 0.5) is 35.0 Å². The van der Waals surface area contributed by atoms with Crippen LogP contribution < -0.4 is 40.4 Å². The fourth-order valence-corrected chi connectivity index (χ4v) is 6.66. The average molecular weight is 707 g/mol. The van der Waals surface area contributed by atoms with Crippen molar-refractivity contribution in [2.45, 2.75) is 50.9 Å². The molecular weight excluding hydrogens is 665 g/mol. The number of halogens is 3. The van der Waals surface area contributed by atoms with Gasteiger partial charge in [0.15, 0.2) is 11.5 Å². The first-order valence-electron chi connectivity index (χ1n) is 16.9. The Morgan fingerprint density at radius 3 is 2.33 bits per heavy atom. The van der Waals surface area contributed by atoms with Crippen LogP contribution in [0.1, 0.15) is 38.2 Å². The van der Waals surface area contributed by atoms with Crippen molar-refractivity contribution in [2.75, 3.05) is 49.4 Å². The fraction of sp³-hybridized carbons (Fsp3) is 0.378. The van der Waals surface area contributed by atoms with Crippen LogP contribution in [0.5, 0.6) is 23.0 Å². The number of nitrogens with zero attached hydrogens (tertiary/aromatic N) is 2. The molecule has 2 fully saturated rings. The number of carbonyl (C=O) groups is 2. The zero-order chi connectivity index (χ0) is 36.1. The summed E-state index contributed by atoms with van der Waals surface area (Å²) in [5.74, 6) is 1.90. The number of pyridine rings is 1. The molecule has 3 aromatic carbocycles. The predicted octanol–water partition coefficient (Wildman–Crippen LogP) is 7.18. The summed E-state index contributed by atoms with van der Waals surface area (Å²) in [5.41, 5.74) is 0.163. The molecule has 4 aromatic rings. The number of methoxy groups -OCH3 is 2. The minimum absolute atomic E-state index is 0.0121. The van der Waals surface area contributed by atoms with Gasteiger partial charge in [0.1, 0.15) is 11.5 Å². The van der Waals surface area contributed by atoms with Crippen LogP contribution in [-0.4, -0.2) is 62.9 Å². The molecule has 51 heavy (non-hydrogen) atoms. The van der Waals surface area contributed by atoms with Crippen molar-refractivity contribution in [3.05, 3.63) is 72.4 Å². The van der Waals surface area contributed by atoms with Crippen LogP contribution in [0.15, 0.2) is 66.9 Å². The number of alkyl halides is 3. The highest BCUT2D eigenvalue weighted by molar-refractivity contribution is 6.00. The van der Waals surface area contributed by atoms with Crippen LogP contribution in [0.3, 0.4) is 0 Å². The van der Waals surface area contributed by atoms with E-state index in [0.717, 1.165) is 25.5 Å². The Balaban J connectivity index is 1.09. The Bertz CT molecular complexity index is 1880. The largest absolute Gasteiger partial charge is 0.493 e. The third kappa shape index (κ3) is 8.56. The number of benzene rings is 3. The third-order valence-corrected chi connectivity index (χ3v) is 9.26. The van der Waals surface area contributed by atoms with Gasteiger partial charge in [0.25, 0.3) is 0 Å². The second-order valence-electron chi connectivity index (χ2n) is 12.8. The van der Waals surface area contributed by atoms with Crippen molar-refractivity contribution in [1.29, 1.82) is 0 Å². The fourth-order valence-electron chi connectivity index (χ4n) is 6.66. The molecule has 4 N–H and O–H groups in total. The highest BCUT2D eigenvalue weighted by atomic mass is 19.4. The first-order valence-corrected chi connectivity index (χ1v) is 16.9. The molecule has 6 rings (SSSR count). The first kappa shape index (κ1) is 35.6. The molecule has 1 aromatic heterocycles. The van der Waals surface area contributed by atoms with Crippen molar-refractivity contribution < 1.29 is 37.0 Å². The number of aromatic nitrogens is 1. The van der Waals surface area contributed by atoms with Gasteiger partial charge in [-0.25, -0.2) is 4.79 Å². The smallest absolute Gasteiger partial charge is 0.418 e. The van der Waals surface area contributed by atoms with E-state index in [0.29, 0.717) is 65.5 Å². The monoisotopic (exact) mass is 706 g/mol. The summed E-state index contributed by atoms with van der Waals surface area (Å²) in [5, 5.41) is 12.3. The minimum Gasteiger partial charge on any atom is -0.493 e. The molecule has 3 amide bonds. The quantitative estimate of drug-likeness (QED) is 0.144. The van der Waals surface area contributed by atoms with Crippen LogP contribution in [0.25, 0.3) is 10.9 Å². The van der Waals surface area contributed by atoms with Gasteiger partial charge in [-0.05, 0) is 81.6 Å². The zero-order valence-corrected chi connectivity index (χ0v) is 28.6. The Hall–Kier alpha value is -5.24. The predicted molar refractivity (Wildman–Crippen MR) is 189 cm³/mol. The first-order chi connectivity index (χ1) is 24.5. The van der Waals surface area contributed by atoms with Crippen molar-refractivity contribution in [2.24, 2.45) is 5.92 Å². The molecule has 0 bridgehead atoms. The molecule has 0 aliphatic carbocycles. The second-order valence-corrected chi connectivity index (χ2v) is 12.8. The molecule has 2 atom stereocenters. The van der Waals surface area contributed by atoms with Gasteiger partial charge in [-0.3, -0.25) is 9.78 Å². The van der Waals surface area contributed by atoms with Gasteiger partial charge < -0.3 is 40.4 Å². The number of amides is 3. The highest BCUT2D eigenvalue weighted by Crippen LogP contribution is 2.40. The maximum atomic E-state index is 14.3. The molecule has 2 unspecified atom stereocenters. The Labute approximate surface area is 293 Å². The lowest BCUT2D eigenvalue weighted by Crippen LogP contribution is -2.49. The number of anilines is 3. The SMILES string of the molecule is COc1cc2nccc(Oc3cccc(NC(=O)Nc4ccc(N5CCC(NC(=O)C6CCNC(C)C6)CC5)c(C(F)(F)F)c4)c3)c2cc1OC. The number of fused-ring (bicyclic) bond motifs is 1. The van der Waals surface area contributed by atoms with Crippen molar-refractivity contribution in [3.63, 3.8) is 0 Å². The molecule has 2 saturated heterocycles. The number of rotatable bonds is 9. The van der Waals surface area contributed by atoms with Crippen molar-refractivity contribution >= 4 is 39.9 Å². The van der Waals surface area contributed by atoms with E-state index in [1.807, 2.05) is 0 Å². The van der Waals surface area contributed by atoms with E-state index in [-0.39, 0.29) is 35.3 Å². The minimum atomic E-state index is -4.65. The van der Waals surface area contributed by atoms with E-state index >= 15 is 0 Å². The second kappa shape index (κ2) is 15.3. The van der Waals surface area contributed by atoms with E-state index in [9.17, 15) is 22.8 Å². The maximum Gasteiger partial charge on any atom is 0.418 e.